The average Bonchev–Trinajstić information content (AvgIpc) is 2.85. The van der Waals surface area contributed by atoms with Gasteiger partial charge in [0.15, 0.2) is 0 Å². The van der Waals surface area contributed by atoms with Gasteiger partial charge in [-0.15, -0.1) is 0 Å². The monoisotopic (exact) mass is 266 g/mol. The van der Waals surface area contributed by atoms with Crippen LogP contribution in [0.5, 0.6) is 5.88 Å². The smallest absolute Gasteiger partial charge is 0.335 e. The van der Waals surface area contributed by atoms with E-state index in [-0.39, 0.29) is 5.56 Å². The minimum atomic E-state index is -0.959. The van der Waals surface area contributed by atoms with E-state index in [4.69, 9.17) is 9.84 Å². The Balaban J connectivity index is 2.00. The van der Waals surface area contributed by atoms with E-state index in [1.807, 2.05) is 24.3 Å². The van der Waals surface area contributed by atoms with Gasteiger partial charge in [-0.3, -0.25) is 0 Å². The van der Waals surface area contributed by atoms with Gasteiger partial charge in [0.2, 0.25) is 5.88 Å². The zero-order chi connectivity index (χ0) is 13.7. The molecule has 0 unspecified atom stereocenters. The second kappa shape index (κ2) is 3.84. The molecule has 2 aromatic carbocycles. The third-order valence-electron chi connectivity index (χ3n) is 3.46. The van der Waals surface area contributed by atoms with Crippen molar-refractivity contribution in [3.05, 3.63) is 53.6 Å². The average molecular weight is 266 g/mol. The summed E-state index contributed by atoms with van der Waals surface area (Å²) in [6, 6.07) is 12.7. The minimum Gasteiger partial charge on any atom is -0.478 e. The normalized spacial score (nSPS) is 12.6. The maximum absolute atomic E-state index is 11.0. The quantitative estimate of drug-likeness (QED) is 0.735. The van der Waals surface area contributed by atoms with Crippen LogP contribution in [0.1, 0.15) is 15.9 Å². The summed E-state index contributed by atoms with van der Waals surface area (Å²) in [5.74, 6) is -0.296. The van der Waals surface area contributed by atoms with E-state index in [1.165, 1.54) is 0 Å². The lowest BCUT2D eigenvalue weighted by Crippen LogP contribution is -2.12. The van der Waals surface area contributed by atoms with Crippen molar-refractivity contribution < 1.29 is 14.6 Å². The van der Waals surface area contributed by atoms with Crippen LogP contribution in [0.15, 0.2) is 42.5 Å². The highest BCUT2D eigenvalue weighted by Crippen LogP contribution is 2.34. The molecule has 0 aliphatic carbocycles. The molecule has 2 heterocycles. The highest BCUT2D eigenvalue weighted by atomic mass is 16.5. The van der Waals surface area contributed by atoms with Gasteiger partial charge >= 0.3 is 5.97 Å². The van der Waals surface area contributed by atoms with Crippen molar-refractivity contribution >= 4 is 16.9 Å². The van der Waals surface area contributed by atoms with Crippen LogP contribution < -0.4 is 4.74 Å². The van der Waals surface area contributed by atoms with Crippen LogP contribution in [0.2, 0.25) is 0 Å². The second-order valence-corrected chi connectivity index (χ2v) is 4.67. The first-order chi connectivity index (χ1) is 9.74. The van der Waals surface area contributed by atoms with Gasteiger partial charge in [-0.25, -0.2) is 4.79 Å². The van der Waals surface area contributed by atoms with Crippen molar-refractivity contribution in [1.29, 1.82) is 0 Å². The molecule has 0 spiro atoms. The van der Waals surface area contributed by atoms with Gasteiger partial charge in [-0.1, -0.05) is 18.2 Å². The first-order valence-corrected chi connectivity index (χ1v) is 6.21. The van der Waals surface area contributed by atoms with E-state index in [0.717, 1.165) is 16.6 Å². The van der Waals surface area contributed by atoms with E-state index >= 15 is 0 Å². The van der Waals surface area contributed by atoms with Gasteiger partial charge < -0.3 is 9.84 Å². The van der Waals surface area contributed by atoms with E-state index in [1.54, 1.807) is 22.9 Å². The molecule has 5 heteroatoms. The number of para-hydroxylation sites is 1. The number of aromatic carboxylic acids is 1. The molecule has 0 saturated heterocycles. The molecule has 0 atom stereocenters. The Kier molecular flexibility index (Phi) is 2.12. The third-order valence-corrected chi connectivity index (χ3v) is 3.46. The summed E-state index contributed by atoms with van der Waals surface area (Å²) in [5, 5.41) is 14.3. The molecular weight excluding hydrogens is 256 g/mol. The van der Waals surface area contributed by atoms with E-state index in [2.05, 4.69) is 5.10 Å². The molecule has 0 saturated carbocycles. The highest BCUT2D eigenvalue weighted by Gasteiger charge is 2.21. The van der Waals surface area contributed by atoms with Crippen LogP contribution in [0.25, 0.3) is 16.6 Å². The summed E-state index contributed by atoms with van der Waals surface area (Å²) >= 11 is 0. The topological polar surface area (TPSA) is 64.3 Å². The molecule has 1 aliphatic heterocycles. The van der Waals surface area contributed by atoms with Crippen molar-refractivity contribution in [2.75, 3.05) is 0 Å². The summed E-state index contributed by atoms with van der Waals surface area (Å²) in [6.45, 7) is 0.498. The van der Waals surface area contributed by atoms with Crippen LogP contribution in [0.3, 0.4) is 0 Å². The number of ether oxygens (including phenoxy) is 1. The maximum atomic E-state index is 11.0. The van der Waals surface area contributed by atoms with E-state index in [0.29, 0.717) is 18.0 Å². The number of rotatable bonds is 1. The molecule has 5 nitrogen and oxygen atoms in total. The summed E-state index contributed by atoms with van der Waals surface area (Å²) in [5.41, 5.74) is 2.88. The minimum absolute atomic E-state index is 0.223. The van der Waals surface area contributed by atoms with Crippen LogP contribution in [-0.2, 0) is 6.61 Å². The van der Waals surface area contributed by atoms with Gasteiger partial charge in [0, 0.05) is 5.56 Å². The first kappa shape index (κ1) is 11.0. The zero-order valence-electron chi connectivity index (χ0n) is 10.4. The van der Waals surface area contributed by atoms with Crippen molar-refractivity contribution in [3.8, 4) is 11.6 Å². The Hall–Kier alpha value is -2.82. The van der Waals surface area contributed by atoms with Crippen molar-refractivity contribution in [2.45, 2.75) is 6.61 Å². The number of nitrogens with zero attached hydrogens (tertiary/aromatic N) is 2. The molecule has 0 amide bonds. The lowest BCUT2D eigenvalue weighted by atomic mass is 10.1. The number of aromatic nitrogens is 2. The number of fused-ring (bicyclic) bond motifs is 5. The fourth-order valence-corrected chi connectivity index (χ4v) is 2.48. The number of hydrogen-bond acceptors (Lipinski definition) is 3. The Morgan fingerprint density at radius 3 is 2.95 bits per heavy atom. The molecule has 20 heavy (non-hydrogen) atoms. The van der Waals surface area contributed by atoms with Crippen LogP contribution >= 0.6 is 0 Å². The fourth-order valence-electron chi connectivity index (χ4n) is 2.48. The predicted molar refractivity (Wildman–Crippen MR) is 72.4 cm³/mol. The second-order valence-electron chi connectivity index (χ2n) is 4.67. The van der Waals surface area contributed by atoms with Gasteiger partial charge in [0.1, 0.15) is 6.61 Å². The molecule has 0 bridgehead atoms. The number of carboxylic acid groups (broad SMARTS) is 1. The van der Waals surface area contributed by atoms with Gasteiger partial charge in [0.05, 0.1) is 22.2 Å². The fraction of sp³-hybridized carbons (Fsp3) is 0.0667. The SMILES string of the molecule is O=C(O)c1ccc2c3n(nc2c1)-c1ccccc1CO3. The summed E-state index contributed by atoms with van der Waals surface area (Å²) in [6.07, 6.45) is 0. The van der Waals surface area contributed by atoms with E-state index < -0.39 is 5.97 Å². The summed E-state index contributed by atoms with van der Waals surface area (Å²) in [7, 11) is 0. The van der Waals surface area contributed by atoms with Crippen LogP contribution in [0, 0.1) is 0 Å². The highest BCUT2D eigenvalue weighted by molar-refractivity contribution is 5.95. The van der Waals surface area contributed by atoms with E-state index in [9.17, 15) is 4.79 Å². The summed E-state index contributed by atoms with van der Waals surface area (Å²) < 4.78 is 7.49. The standard InChI is InChI=1S/C15H10N2O3/c18-15(19)9-5-6-11-12(7-9)16-17-13-4-2-1-3-10(13)8-20-14(11)17/h1-7H,8H2,(H,18,19). The molecule has 4 rings (SSSR count). The lowest BCUT2D eigenvalue weighted by Gasteiger charge is -2.18. The van der Waals surface area contributed by atoms with Crippen molar-refractivity contribution in [2.24, 2.45) is 0 Å². The number of benzene rings is 2. The molecule has 1 N–H and O–H groups in total. The van der Waals surface area contributed by atoms with Crippen molar-refractivity contribution in [1.82, 2.24) is 9.78 Å². The number of carboxylic acids is 1. The Morgan fingerprint density at radius 1 is 1.25 bits per heavy atom. The molecule has 1 aliphatic rings. The van der Waals surface area contributed by atoms with Crippen LogP contribution in [0.4, 0.5) is 0 Å². The molecule has 98 valence electrons. The molecule has 0 fully saturated rings. The Bertz CT molecular complexity index is 851. The van der Waals surface area contributed by atoms with Crippen molar-refractivity contribution in [3.63, 3.8) is 0 Å². The third kappa shape index (κ3) is 1.43. The zero-order valence-corrected chi connectivity index (χ0v) is 10.4. The number of carbonyl (C=O) groups is 1. The molecule has 1 aromatic heterocycles. The van der Waals surface area contributed by atoms with Crippen LogP contribution in [-0.4, -0.2) is 20.9 Å². The molecule has 0 radical (unpaired) electrons. The maximum Gasteiger partial charge on any atom is 0.335 e. The Labute approximate surface area is 114 Å². The first-order valence-electron chi connectivity index (χ1n) is 6.21. The number of hydrogen-bond donors (Lipinski definition) is 1. The molecule has 3 aromatic rings. The van der Waals surface area contributed by atoms with Gasteiger partial charge in [-0.05, 0) is 24.3 Å². The summed E-state index contributed by atoms with van der Waals surface area (Å²) in [4.78, 5) is 11.0. The predicted octanol–water partition coefficient (Wildman–Crippen LogP) is 2.62. The largest absolute Gasteiger partial charge is 0.478 e. The lowest BCUT2D eigenvalue weighted by molar-refractivity contribution is 0.0697. The Morgan fingerprint density at radius 2 is 2.10 bits per heavy atom. The van der Waals surface area contributed by atoms with Gasteiger partial charge in [0.25, 0.3) is 0 Å². The molecular formula is C15H10N2O3. The van der Waals surface area contributed by atoms with Gasteiger partial charge in [-0.2, -0.15) is 9.78 Å².